The van der Waals surface area contributed by atoms with Gasteiger partial charge in [-0.05, 0) is 27.7 Å². The molecule has 1 aromatic rings. The third-order valence-corrected chi connectivity index (χ3v) is 2.18. The summed E-state index contributed by atoms with van der Waals surface area (Å²) in [5, 5.41) is 2.43. The van der Waals surface area contributed by atoms with Gasteiger partial charge in [-0.15, -0.1) is 0 Å². The molecule has 6 nitrogen and oxygen atoms in total. The highest BCUT2D eigenvalue weighted by Crippen LogP contribution is 2.07. The lowest BCUT2D eigenvalue weighted by atomic mass is 10.2. The molecule has 0 aliphatic rings. The van der Waals surface area contributed by atoms with E-state index in [2.05, 4.69) is 10.3 Å². The van der Waals surface area contributed by atoms with Crippen LogP contribution < -0.4 is 5.32 Å². The molecule has 0 aliphatic heterocycles. The Hall–Kier alpha value is -1.85. The lowest BCUT2D eigenvalue weighted by Gasteiger charge is -2.19. The minimum absolute atomic E-state index is 0.102. The van der Waals surface area contributed by atoms with E-state index in [-0.39, 0.29) is 12.3 Å². The van der Waals surface area contributed by atoms with Crippen LogP contribution in [-0.4, -0.2) is 33.6 Å². The number of rotatable bonds is 3. The van der Waals surface area contributed by atoms with Gasteiger partial charge in [-0.1, -0.05) is 0 Å². The largest absolute Gasteiger partial charge is 0.444 e. The number of hydrogen-bond donors (Lipinski definition) is 1. The van der Waals surface area contributed by atoms with E-state index in [1.54, 1.807) is 45.6 Å². The van der Waals surface area contributed by atoms with Crippen LogP contribution in [0, 0.1) is 6.92 Å². The van der Waals surface area contributed by atoms with Crippen LogP contribution in [0.15, 0.2) is 6.33 Å². The number of imidazole rings is 1. The molecule has 0 bridgehead atoms. The first-order valence-electron chi connectivity index (χ1n) is 5.68. The van der Waals surface area contributed by atoms with Gasteiger partial charge >= 0.3 is 6.09 Å². The van der Waals surface area contributed by atoms with Crippen molar-refractivity contribution >= 4 is 11.9 Å². The molecule has 0 atom stereocenters. The predicted octanol–water partition coefficient (Wildman–Crippen LogP) is 1.44. The van der Waals surface area contributed by atoms with Gasteiger partial charge in [0.05, 0.1) is 18.6 Å². The van der Waals surface area contributed by atoms with Crippen molar-refractivity contribution in [2.45, 2.75) is 33.3 Å². The summed E-state index contributed by atoms with van der Waals surface area (Å²) in [6.45, 7) is 6.94. The van der Waals surface area contributed by atoms with Crippen LogP contribution >= 0.6 is 0 Å². The second-order valence-electron chi connectivity index (χ2n) is 5.07. The summed E-state index contributed by atoms with van der Waals surface area (Å²) in [4.78, 5) is 27.3. The van der Waals surface area contributed by atoms with Crippen LogP contribution in [0.25, 0.3) is 0 Å². The first-order valence-corrected chi connectivity index (χ1v) is 5.68. The van der Waals surface area contributed by atoms with E-state index < -0.39 is 11.7 Å². The molecule has 0 spiro atoms. The average Bonchev–Trinajstić information content (AvgIpc) is 2.53. The first-order chi connectivity index (χ1) is 8.20. The molecule has 0 aliphatic carbocycles. The molecule has 18 heavy (non-hydrogen) atoms. The first kappa shape index (κ1) is 14.2. The van der Waals surface area contributed by atoms with Crippen LogP contribution in [0.5, 0.6) is 0 Å². The van der Waals surface area contributed by atoms with Crippen molar-refractivity contribution in [1.82, 2.24) is 14.9 Å². The van der Waals surface area contributed by atoms with Crippen molar-refractivity contribution in [3.63, 3.8) is 0 Å². The van der Waals surface area contributed by atoms with Crippen LogP contribution in [-0.2, 0) is 11.8 Å². The zero-order valence-electron chi connectivity index (χ0n) is 11.4. The monoisotopic (exact) mass is 253 g/mol. The number of hydrogen-bond acceptors (Lipinski definition) is 4. The van der Waals surface area contributed by atoms with E-state index in [1.165, 1.54) is 0 Å². The van der Waals surface area contributed by atoms with Crippen molar-refractivity contribution in [3.8, 4) is 0 Å². The maximum atomic E-state index is 11.9. The van der Waals surface area contributed by atoms with E-state index in [9.17, 15) is 9.59 Å². The minimum atomic E-state index is -0.601. The van der Waals surface area contributed by atoms with Crippen molar-refractivity contribution in [1.29, 1.82) is 0 Å². The maximum absolute atomic E-state index is 11.9. The molecule has 0 saturated heterocycles. The van der Waals surface area contributed by atoms with E-state index in [1.807, 2.05) is 0 Å². The summed E-state index contributed by atoms with van der Waals surface area (Å²) < 4.78 is 6.67. The fourth-order valence-electron chi connectivity index (χ4n) is 1.50. The summed E-state index contributed by atoms with van der Waals surface area (Å²) in [7, 11) is 1.74. The number of ketones is 1. The molecule has 0 fully saturated rings. The van der Waals surface area contributed by atoms with E-state index >= 15 is 0 Å². The van der Waals surface area contributed by atoms with Gasteiger partial charge in [-0.25, -0.2) is 9.78 Å². The maximum Gasteiger partial charge on any atom is 0.408 e. The molecule has 1 N–H and O–H groups in total. The second kappa shape index (κ2) is 5.20. The number of aryl methyl sites for hydroxylation is 2. The Morgan fingerprint density at radius 3 is 2.50 bits per heavy atom. The molecule has 1 rings (SSSR count). The van der Waals surface area contributed by atoms with Crippen LogP contribution in [0.1, 0.15) is 37.0 Å². The lowest BCUT2D eigenvalue weighted by molar-refractivity contribution is 0.0520. The number of nitrogens with one attached hydrogen (secondary N) is 1. The predicted molar refractivity (Wildman–Crippen MR) is 66.5 cm³/mol. The molecular weight excluding hydrogens is 234 g/mol. The van der Waals surface area contributed by atoms with Gasteiger partial charge in [-0.2, -0.15) is 0 Å². The Morgan fingerprint density at radius 1 is 1.44 bits per heavy atom. The zero-order valence-corrected chi connectivity index (χ0v) is 11.4. The Labute approximate surface area is 106 Å². The molecule has 1 amide bonds. The fourth-order valence-corrected chi connectivity index (χ4v) is 1.50. The molecule has 6 heteroatoms. The van der Waals surface area contributed by atoms with Gasteiger partial charge in [-0.3, -0.25) is 4.79 Å². The topological polar surface area (TPSA) is 73.2 Å². The highest BCUT2D eigenvalue weighted by molar-refractivity contribution is 5.98. The Morgan fingerprint density at radius 2 is 2.06 bits per heavy atom. The van der Waals surface area contributed by atoms with Crippen molar-refractivity contribution < 1.29 is 14.3 Å². The second-order valence-corrected chi connectivity index (χ2v) is 5.07. The number of amides is 1. The molecule has 0 radical (unpaired) electrons. The van der Waals surface area contributed by atoms with Crippen molar-refractivity contribution in [3.05, 3.63) is 17.7 Å². The molecule has 0 aromatic carbocycles. The van der Waals surface area contributed by atoms with Gasteiger partial charge in [0, 0.05) is 7.05 Å². The normalized spacial score (nSPS) is 11.2. The van der Waals surface area contributed by atoms with E-state index in [0.717, 1.165) is 0 Å². The van der Waals surface area contributed by atoms with Gasteiger partial charge in [0.25, 0.3) is 0 Å². The molecule has 0 saturated carbocycles. The third-order valence-electron chi connectivity index (χ3n) is 2.18. The van der Waals surface area contributed by atoms with E-state index in [0.29, 0.717) is 11.4 Å². The Kier molecular flexibility index (Phi) is 4.11. The van der Waals surface area contributed by atoms with Gasteiger partial charge in [0.2, 0.25) is 0 Å². The fraction of sp³-hybridized carbons (Fsp3) is 0.583. The van der Waals surface area contributed by atoms with Gasteiger partial charge < -0.3 is 14.6 Å². The smallest absolute Gasteiger partial charge is 0.408 e. The van der Waals surface area contributed by atoms with Crippen LogP contribution in [0.4, 0.5) is 4.79 Å². The summed E-state index contributed by atoms with van der Waals surface area (Å²) in [6, 6.07) is 0. The summed E-state index contributed by atoms with van der Waals surface area (Å²) in [6.07, 6.45) is 0.964. The quantitative estimate of drug-likeness (QED) is 0.827. The number of aromatic nitrogens is 2. The van der Waals surface area contributed by atoms with Crippen LogP contribution in [0.2, 0.25) is 0 Å². The number of carbonyl (C=O) groups excluding carboxylic acids is 2. The molecule has 100 valence electrons. The molecule has 1 heterocycles. The lowest BCUT2D eigenvalue weighted by Crippen LogP contribution is -2.36. The molecule has 0 unspecified atom stereocenters. The number of Topliss-reactive ketones (excluding diaryl/α,β-unsaturated/α-hetero) is 1. The average molecular weight is 253 g/mol. The number of ether oxygens (including phenoxy) is 1. The SMILES string of the molecule is Cc1ncn(C)c1C(=O)CNC(=O)OC(C)(C)C. The summed E-state index contributed by atoms with van der Waals surface area (Å²) >= 11 is 0. The third kappa shape index (κ3) is 3.87. The Bertz CT molecular complexity index is 438. The van der Waals surface area contributed by atoms with E-state index in [4.69, 9.17) is 4.74 Å². The Balaban J connectivity index is 2.55. The number of carbonyl (C=O) groups is 2. The van der Waals surface area contributed by atoms with Crippen LogP contribution in [0.3, 0.4) is 0 Å². The van der Waals surface area contributed by atoms with Crippen molar-refractivity contribution in [2.75, 3.05) is 6.54 Å². The van der Waals surface area contributed by atoms with Gasteiger partial charge in [0.15, 0.2) is 5.78 Å². The molecule has 1 aromatic heterocycles. The summed E-state index contributed by atoms with van der Waals surface area (Å²) in [5.74, 6) is -0.196. The summed E-state index contributed by atoms with van der Waals surface area (Å²) in [5.41, 5.74) is 0.565. The van der Waals surface area contributed by atoms with Gasteiger partial charge in [0.1, 0.15) is 11.3 Å². The standard InChI is InChI=1S/C12H19N3O3/c1-8-10(15(5)7-14-8)9(16)6-13-11(17)18-12(2,3)4/h7H,6H2,1-5H3,(H,13,17). The minimum Gasteiger partial charge on any atom is -0.444 e. The number of alkyl carbamates (subject to hydrolysis) is 1. The zero-order chi connectivity index (χ0) is 13.9. The van der Waals surface area contributed by atoms with Crippen molar-refractivity contribution in [2.24, 2.45) is 7.05 Å². The highest BCUT2D eigenvalue weighted by atomic mass is 16.6. The molecular formula is C12H19N3O3. The highest BCUT2D eigenvalue weighted by Gasteiger charge is 2.18. The number of nitrogens with zero attached hydrogens (tertiary/aromatic N) is 2.